The summed E-state index contributed by atoms with van der Waals surface area (Å²) in [4.78, 5) is 25.0. The first-order valence-corrected chi connectivity index (χ1v) is 10.4. The van der Waals surface area contributed by atoms with E-state index in [0.717, 1.165) is 43.5 Å². The molecule has 0 radical (unpaired) electrons. The third-order valence-corrected chi connectivity index (χ3v) is 5.73. The van der Waals surface area contributed by atoms with Crippen LogP contribution < -0.4 is 9.80 Å². The highest BCUT2D eigenvalue weighted by Crippen LogP contribution is 2.46. The Morgan fingerprint density at radius 3 is 2.70 bits per heavy atom. The van der Waals surface area contributed by atoms with Crippen molar-refractivity contribution in [1.82, 2.24) is 20.2 Å². The molecule has 0 bridgehead atoms. The lowest BCUT2D eigenvalue weighted by atomic mass is 10.0. The van der Waals surface area contributed by atoms with Crippen molar-refractivity contribution in [1.29, 1.82) is 0 Å². The van der Waals surface area contributed by atoms with Gasteiger partial charge in [-0.2, -0.15) is 0 Å². The molecule has 1 aliphatic heterocycles. The third-order valence-electron chi connectivity index (χ3n) is 5.73. The van der Waals surface area contributed by atoms with E-state index in [-0.39, 0.29) is 12.0 Å². The summed E-state index contributed by atoms with van der Waals surface area (Å²) < 4.78 is 0. The molecule has 5 rings (SSSR count). The number of piperidine rings is 1. The van der Waals surface area contributed by atoms with Gasteiger partial charge in [-0.3, -0.25) is 9.78 Å². The standard InChI is InChI=1S/C22H24N6O2/c29-17-7-4-12-27(13-17)18-10-11-23-20(19(18)15-8-9-15)21(30)28(22-24-14-25-26-22)16-5-2-1-3-6-16/h1-3,5-6,10-11,14-15,17,29H,4,7-9,12-13H2,(H,24,25,26). The van der Waals surface area contributed by atoms with E-state index in [0.29, 0.717) is 29.8 Å². The van der Waals surface area contributed by atoms with Crippen molar-refractivity contribution >= 4 is 23.2 Å². The van der Waals surface area contributed by atoms with Gasteiger partial charge in [0.15, 0.2) is 0 Å². The number of amides is 1. The predicted molar refractivity (Wildman–Crippen MR) is 113 cm³/mol. The molecule has 1 amide bonds. The number of carbonyl (C=O) groups is 1. The molecule has 2 aromatic heterocycles. The highest BCUT2D eigenvalue weighted by molar-refractivity contribution is 6.10. The SMILES string of the molecule is O=C(c1nccc(N2CCCC(O)C2)c1C1CC1)N(c1ccccc1)c1nnc[nH]1. The van der Waals surface area contributed by atoms with E-state index in [4.69, 9.17) is 0 Å². The van der Waals surface area contributed by atoms with Crippen LogP contribution in [0.4, 0.5) is 17.3 Å². The molecule has 2 aliphatic rings. The minimum absolute atomic E-state index is 0.237. The molecule has 2 fully saturated rings. The molecule has 0 spiro atoms. The normalized spacial score (nSPS) is 19.0. The second kappa shape index (κ2) is 7.87. The highest BCUT2D eigenvalue weighted by Gasteiger charge is 2.36. The quantitative estimate of drug-likeness (QED) is 0.678. The summed E-state index contributed by atoms with van der Waals surface area (Å²) in [6.07, 6.45) is 6.66. The van der Waals surface area contributed by atoms with Crippen LogP contribution in [-0.4, -0.2) is 50.4 Å². The number of nitrogens with one attached hydrogen (secondary N) is 1. The average molecular weight is 404 g/mol. The Morgan fingerprint density at radius 1 is 1.17 bits per heavy atom. The summed E-state index contributed by atoms with van der Waals surface area (Å²) in [6, 6.07) is 11.4. The number of carbonyl (C=O) groups excluding carboxylic acids is 1. The highest BCUT2D eigenvalue weighted by atomic mass is 16.3. The lowest BCUT2D eigenvalue weighted by Crippen LogP contribution is -2.39. The van der Waals surface area contributed by atoms with Crippen LogP contribution in [0.3, 0.4) is 0 Å². The maximum Gasteiger partial charge on any atom is 0.284 e. The van der Waals surface area contributed by atoms with Gasteiger partial charge in [-0.25, -0.2) is 4.90 Å². The van der Waals surface area contributed by atoms with Crippen LogP contribution in [0.5, 0.6) is 0 Å². The average Bonchev–Trinajstić information content (AvgIpc) is 3.49. The van der Waals surface area contributed by atoms with Crippen molar-refractivity contribution in [2.75, 3.05) is 22.9 Å². The number of para-hydroxylation sites is 1. The van der Waals surface area contributed by atoms with Crippen molar-refractivity contribution < 1.29 is 9.90 Å². The van der Waals surface area contributed by atoms with Crippen LogP contribution in [0.1, 0.15) is 47.7 Å². The van der Waals surface area contributed by atoms with Gasteiger partial charge < -0.3 is 15.0 Å². The molecule has 30 heavy (non-hydrogen) atoms. The van der Waals surface area contributed by atoms with Gasteiger partial charge in [0, 0.05) is 30.5 Å². The zero-order valence-electron chi connectivity index (χ0n) is 16.6. The number of nitrogens with zero attached hydrogens (tertiary/aromatic N) is 5. The molecule has 1 unspecified atom stereocenters. The van der Waals surface area contributed by atoms with Crippen molar-refractivity contribution in [3.63, 3.8) is 0 Å². The molecule has 1 saturated carbocycles. The van der Waals surface area contributed by atoms with Gasteiger partial charge in [0.1, 0.15) is 12.0 Å². The molecule has 2 N–H and O–H groups in total. The number of anilines is 3. The van der Waals surface area contributed by atoms with E-state index in [1.165, 1.54) is 11.2 Å². The van der Waals surface area contributed by atoms with E-state index in [9.17, 15) is 9.90 Å². The molecule has 3 heterocycles. The first-order valence-electron chi connectivity index (χ1n) is 10.4. The zero-order chi connectivity index (χ0) is 20.5. The smallest absolute Gasteiger partial charge is 0.284 e. The Labute approximate surface area is 174 Å². The first kappa shape index (κ1) is 18.7. The van der Waals surface area contributed by atoms with Crippen molar-refractivity contribution in [2.45, 2.75) is 37.7 Å². The summed E-state index contributed by atoms with van der Waals surface area (Å²) in [5.41, 5.74) is 3.13. The van der Waals surface area contributed by atoms with E-state index < -0.39 is 0 Å². The van der Waals surface area contributed by atoms with Gasteiger partial charge in [0.05, 0.1) is 11.8 Å². The fourth-order valence-corrected chi connectivity index (χ4v) is 4.18. The van der Waals surface area contributed by atoms with Crippen LogP contribution in [0.2, 0.25) is 0 Å². The summed E-state index contributed by atoms with van der Waals surface area (Å²) in [5.74, 6) is 0.437. The fraction of sp³-hybridized carbons (Fsp3) is 0.364. The number of hydrogen-bond acceptors (Lipinski definition) is 6. The van der Waals surface area contributed by atoms with Crippen LogP contribution >= 0.6 is 0 Å². The van der Waals surface area contributed by atoms with Crippen LogP contribution in [-0.2, 0) is 0 Å². The Kier molecular flexibility index (Phi) is 4.92. The van der Waals surface area contributed by atoms with Gasteiger partial charge in [-0.05, 0) is 49.8 Å². The molecule has 8 heteroatoms. The van der Waals surface area contributed by atoms with Crippen molar-refractivity contribution in [3.8, 4) is 0 Å². The number of rotatable bonds is 5. The lowest BCUT2D eigenvalue weighted by molar-refractivity contribution is 0.0992. The Bertz CT molecular complexity index is 1020. The van der Waals surface area contributed by atoms with Crippen LogP contribution in [0.15, 0.2) is 48.9 Å². The number of hydrogen-bond donors (Lipinski definition) is 2. The minimum atomic E-state index is -0.340. The number of H-pyrrole nitrogens is 1. The minimum Gasteiger partial charge on any atom is -0.391 e. The number of pyridine rings is 1. The van der Waals surface area contributed by atoms with E-state index in [1.54, 1.807) is 6.20 Å². The molecule has 8 nitrogen and oxygen atoms in total. The van der Waals surface area contributed by atoms with Gasteiger partial charge in [0.25, 0.3) is 5.91 Å². The molecule has 1 atom stereocenters. The van der Waals surface area contributed by atoms with Crippen molar-refractivity contribution in [2.24, 2.45) is 0 Å². The maximum absolute atomic E-state index is 13.8. The van der Waals surface area contributed by atoms with Crippen molar-refractivity contribution in [3.05, 3.63) is 60.2 Å². The second-order valence-electron chi connectivity index (χ2n) is 7.90. The molecular formula is C22H24N6O2. The topological polar surface area (TPSA) is 98.2 Å². The molecule has 1 saturated heterocycles. The lowest BCUT2D eigenvalue weighted by Gasteiger charge is -2.34. The van der Waals surface area contributed by atoms with Gasteiger partial charge in [0.2, 0.25) is 5.95 Å². The zero-order valence-corrected chi connectivity index (χ0v) is 16.6. The summed E-state index contributed by atoms with van der Waals surface area (Å²) in [6.45, 7) is 1.46. The van der Waals surface area contributed by atoms with Crippen LogP contribution in [0.25, 0.3) is 0 Å². The summed E-state index contributed by atoms with van der Waals surface area (Å²) in [7, 11) is 0. The predicted octanol–water partition coefficient (Wildman–Crippen LogP) is 3.02. The fourth-order valence-electron chi connectivity index (χ4n) is 4.18. The maximum atomic E-state index is 13.8. The van der Waals surface area contributed by atoms with E-state index >= 15 is 0 Å². The first-order chi connectivity index (χ1) is 14.7. The number of aromatic amines is 1. The van der Waals surface area contributed by atoms with Gasteiger partial charge in [-0.1, -0.05) is 18.2 Å². The molecule has 1 aliphatic carbocycles. The Hall–Kier alpha value is -3.26. The number of aromatic nitrogens is 4. The largest absolute Gasteiger partial charge is 0.391 e. The molecule has 1 aromatic carbocycles. The number of β-amino-alcohol motifs (C(OH)–C–C–N with tert-alkyl or cyclic N) is 1. The second-order valence-corrected chi connectivity index (χ2v) is 7.90. The van der Waals surface area contributed by atoms with Gasteiger partial charge in [-0.15, -0.1) is 10.2 Å². The Balaban J connectivity index is 1.59. The number of benzene rings is 1. The van der Waals surface area contributed by atoms with E-state index in [2.05, 4.69) is 25.1 Å². The molecule has 3 aromatic rings. The van der Waals surface area contributed by atoms with Crippen LogP contribution in [0, 0.1) is 0 Å². The molecular weight excluding hydrogens is 380 g/mol. The number of aliphatic hydroxyl groups excluding tert-OH is 1. The third kappa shape index (κ3) is 3.54. The van der Waals surface area contributed by atoms with E-state index in [1.807, 2.05) is 36.4 Å². The number of aliphatic hydroxyl groups is 1. The summed E-state index contributed by atoms with van der Waals surface area (Å²) >= 11 is 0. The Morgan fingerprint density at radius 2 is 2.00 bits per heavy atom. The van der Waals surface area contributed by atoms with Gasteiger partial charge >= 0.3 is 0 Å². The molecule has 154 valence electrons. The monoisotopic (exact) mass is 404 g/mol. The summed E-state index contributed by atoms with van der Waals surface area (Å²) in [5, 5.41) is 18.1.